The molecule has 13 rings (SSSR count). The fourth-order valence-corrected chi connectivity index (χ4v) is 15.8. The molecule has 2 aliphatic carbocycles. The fourth-order valence-electron chi connectivity index (χ4n) is 15.8. The van der Waals surface area contributed by atoms with Gasteiger partial charge in [-0.3, -0.25) is 0 Å². The van der Waals surface area contributed by atoms with Crippen LogP contribution in [0, 0.1) is 13.8 Å². The predicted molar refractivity (Wildman–Crippen MR) is 355 cm³/mol. The second-order valence-corrected chi connectivity index (χ2v) is 30.5. The highest BCUT2D eigenvalue weighted by Gasteiger charge is 2.58. The number of aryl methyl sites for hydroxylation is 2. The molecule has 0 radical (unpaired) electrons. The zero-order valence-electron chi connectivity index (χ0n) is 52.6. The summed E-state index contributed by atoms with van der Waals surface area (Å²) in [5.74, 6) is 0. The summed E-state index contributed by atoms with van der Waals surface area (Å²) in [6, 6.07) is 60.7. The average Bonchev–Trinajstić information content (AvgIpc) is 1.20. The highest BCUT2D eigenvalue weighted by Crippen LogP contribution is 2.62. The molecule has 2 atom stereocenters. The van der Waals surface area contributed by atoms with Crippen molar-refractivity contribution in [3.63, 3.8) is 0 Å². The van der Waals surface area contributed by atoms with Crippen molar-refractivity contribution < 1.29 is 0 Å². The van der Waals surface area contributed by atoms with E-state index in [2.05, 4.69) is 284 Å². The third kappa shape index (κ3) is 8.25. The average molecular weight is 1080 g/mol. The molecule has 0 amide bonds. The van der Waals surface area contributed by atoms with Crippen molar-refractivity contribution >= 4 is 68.6 Å². The molecule has 0 saturated heterocycles. The first-order chi connectivity index (χ1) is 38.6. The fraction of sp³-hybridized carbons (Fsp3) is 0.385. The number of hydrogen-bond acceptors (Lipinski definition) is 3. The minimum atomic E-state index is -0.164. The van der Waals surface area contributed by atoms with E-state index in [9.17, 15) is 0 Å². The van der Waals surface area contributed by atoms with Crippen molar-refractivity contribution in [3.8, 4) is 22.3 Å². The molecule has 4 heteroatoms. The van der Waals surface area contributed by atoms with Gasteiger partial charge in [0.1, 0.15) is 0 Å². The molecule has 8 aromatic carbocycles. The molecule has 82 heavy (non-hydrogen) atoms. The zero-order chi connectivity index (χ0) is 58.0. The molecule has 3 nitrogen and oxygen atoms in total. The summed E-state index contributed by atoms with van der Waals surface area (Å²) in [7, 11) is 0. The number of fused-ring (bicyclic) bond motifs is 8. The minimum Gasteiger partial charge on any atom is -0.334 e. The third-order valence-corrected chi connectivity index (χ3v) is 21.2. The summed E-state index contributed by atoms with van der Waals surface area (Å²) in [5.41, 5.74) is 30.3. The van der Waals surface area contributed by atoms with Crippen LogP contribution in [-0.2, 0) is 32.5 Å². The molecule has 1 fully saturated rings. The van der Waals surface area contributed by atoms with Crippen LogP contribution >= 0.6 is 0 Å². The van der Waals surface area contributed by atoms with Crippen LogP contribution in [0.4, 0.5) is 45.5 Å². The van der Waals surface area contributed by atoms with Crippen LogP contribution in [-0.4, -0.2) is 12.3 Å². The summed E-state index contributed by atoms with van der Waals surface area (Å²) in [6.07, 6.45) is 7.08. The maximum Gasteiger partial charge on any atom is 0.252 e. The maximum atomic E-state index is 2.81. The van der Waals surface area contributed by atoms with Gasteiger partial charge < -0.3 is 14.7 Å². The van der Waals surface area contributed by atoms with Gasteiger partial charge in [0.2, 0.25) is 0 Å². The smallest absolute Gasteiger partial charge is 0.252 e. The molecule has 0 N–H and O–H groups in total. The lowest BCUT2D eigenvalue weighted by Gasteiger charge is -2.51. The monoisotopic (exact) mass is 1080 g/mol. The number of benzene rings is 8. The summed E-state index contributed by atoms with van der Waals surface area (Å²) in [5, 5.41) is 0. The Balaban J connectivity index is 1.14. The van der Waals surface area contributed by atoms with Crippen LogP contribution in [0.5, 0.6) is 0 Å². The SMILES string of the molecule is Cc1ccccc1-c1ccc2c(c1)C1(C)CCCCC1(C)N2c1ccc2c(c1)N(c1ccc(C(C)(C)C)cc1C)c1cc(C(C)(C)C)cc3c1B2c1cc2c(cc1N3c1ccc(C(C)(C)C)cc1-c1ccccc1)C(C)(C)CCC2(C)C. The van der Waals surface area contributed by atoms with E-state index in [-0.39, 0.29) is 44.7 Å². The van der Waals surface area contributed by atoms with E-state index >= 15 is 0 Å². The van der Waals surface area contributed by atoms with Gasteiger partial charge >= 0.3 is 0 Å². The molecule has 0 spiro atoms. The van der Waals surface area contributed by atoms with Gasteiger partial charge in [0.15, 0.2) is 0 Å². The first-order valence-corrected chi connectivity index (χ1v) is 31.0. The highest BCUT2D eigenvalue weighted by atomic mass is 15.3. The van der Waals surface area contributed by atoms with Crippen molar-refractivity contribution in [2.75, 3.05) is 14.7 Å². The molecule has 5 aliphatic rings. The Labute approximate surface area is 493 Å². The normalized spacial score (nSPS) is 20.4. The Hall–Kier alpha value is -6.78. The van der Waals surface area contributed by atoms with Gasteiger partial charge in [0.25, 0.3) is 6.71 Å². The number of rotatable bonds is 5. The van der Waals surface area contributed by atoms with Gasteiger partial charge in [0.05, 0.1) is 11.2 Å². The van der Waals surface area contributed by atoms with Crippen LogP contribution in [0.25, 0.3) is 22.3 Å². The summed E-state index contributed by atoms with van der Waals surface area (Å²) >= 11 is 0. The van der Waals surface area contributed by atoms with Crippen molar-refractivity contribution in [2.45, 2.75) is 194 Å². The second kappa shape index (κ2) is 18.4. The van der Waals surface area contributed by atoms with Gasteiger partial charge in [-0.2, -0.15) is 0 Å². The van der Waals surface area contributed by atoms with E-state index in [1.807, 2.05) is 0 Å². The molecular weight excluding hydrogens is 990 g/mol. The Morgan fingerprint density at radius 1 is 0.390 bits per heavy atom. The lowest BCUT2D eigenvalue weighted by atomic mass is 9.33. The van der Waals surface area contributed by atoms with Crippen LogP contribution in [0.3, 0.4) is 0 Å². The second-order valence-electron chi connectivity index (χ2n) is 30.5. The van der Waals surface area contributed by atoms with E-state index in [0.29, 0.717) is 0 Å². The number of nitrogens with zero attached hydrogens (tertiary/aromatic N) is 3. The van der Waals surface area contributed by atoms with Gasteiger partial charge in [-0.1, -0.05) is 201 Å². The van der Waals surface area contributed by atoms with Crippen LogP contribution in [0.2, 0.25) is 0 Å². The largest absolute Gasteiger partial charge is 0.334 e. The van der Waals surface area contributed by atoms with Gasteiger partial charge in [-0.25, -0.2) is 0 Å². The number of anilines is 8. The van der Waals surface area contributed by atoms with E-state index in [1.165, 1.54) is 148 Å². The lowest BCUT2D eigenvalue weighted by molar-refractivity contribution is 0.195. The lowest BCUT2D eigenvalue weighted by Crippen LogP contribution is -2.62. The molecule has 3 aliphatic heterocycles. The molecule has 418 valence electrons. The standard InChI is InChI=1S/C78H88BN3/c1-49-25-21-22-28-57(49)52-29-34-66-61(42-52)77(16)37-23-24-38-78(77,17)82(66)56-32-33-62-67(46-56)80(64-35-30-53(41-50(64)2)72(3,4)5)69-44-55(74(9,10)11)45-70-71(69)79(62)63-47-59-60(76(14,15)40-39-75(59,12)13)48-68(63)81(70)65-36-31-54(73(6,7)8)43-58(65)51-26-19-18-20-27-51/h18-22,25-36,41-48H,23-24,37-40H2,1-17H3. The molecule has 8 aromatic rings. The zero-order valence-corrected chi connectivity index (χ0v) is 52.6. The first-order valence-electron chi connectivity index (χ1n) is 31.0. The van der Waals surface area contributed by atoms with Crippen LogP contribution < -0.4 is 31.1 Å². The van der Waals surface area contributed by atoms with E-state index < -0.39 is 0 Å². The van der Waals surface area contributed by atoms with Crippen molar-refractivity contribution in [2.24, 2.45) is 0 Å². The Morgan fingerprint density at radius 2 is 0.963 bits per heavy atom. The van der Waals surface area contributed by atoms with Crippen molar-refractivity contribution in [1.29, 1.82) is 0 Å². The van der Waals surface area contributed by atoms with Gasteiger partial charge in [0, 0.05) is 50.8 Å². The maximum absolute atomic E-state index is 2.81. The molecule has 1 saturated carbocycles. The van der Waals surface area contributed by atoms with E-state index in [0.717, 1.165) is 19.3 Å². The summed E-state index contributed by atoms with van der Waals surface area (Å²) in [6.45, 7) is 41.1. The Bertz CT molecular complexity index is 3910. The van der Waals surface area contributed by atoms with Gasteiger partial charge in [-0.15, -0.1) is 0 Å². The topological polar surface area (TPSA) is 9.72 Å². The van der Waals surface area contributed by atoms with E-state index in [1.54, 1.807) is 0 Å². The highest BCUT2D eigenvalue weighted by molar-refractivity contribution is 7.00. The molecule has 0 aromatic heterocycles. The van der Waals surface area contributed by atoms with Crippen molar-refractivity contribution in [3.05, 3.63) is 196 Å². The quantitative estimate of drug-likeness (QED) is 0.159. The minimum absolute atomic E-state index is 0.00166. The predicted octanol–water partition coefficient (Wildman–Crippen LogP) is 19.7. The third-order valence-electron chi connectivity index (χ3n) is 21.2. The van der Waals surface area contributed by atoms with E-state index in [4.69, 9.17) is 0 Å². The van der Waals surface area contributed by atoms with Crippen LogP contribution in [0.15, 0.2) is 152 Å². The molecule has 0 bridgehead atoms. The van der Waals surface area contributed by atoms with Crippen LogP contribution in [0.1, 0.15) is 187 Å². The molecule has 2 unspecified atom stereocenters. The van der Waals surface area contributed by atoms with Crippen molar-refractivity contribution in [1.82, 2.24) is 0 Å². The van der Waals surface area contributed by atoms with Gasteiger partial charge in [-0.05, 0) is 212 Å². The Kier molecular flexibility index (Phi) is 12.2. The Morgan fingerprint density at radius 3 is 1.61 bits per heavy atom. The molecule has 3 heterocycles. The molecular formula is C78H88BN3. The number of hydrogen-bond donors (Lipinski definition) is 0. The summed E-state index contributed by atoms with van der Waals surface area (Å²) in [4.78, 5) is 8.27. The summed E-state index contributed by atoms with van der Waals surface area (Å²) < 4.78 is 0. The first kappa shape index (κ1) is 54.5.